The summed E-state index contributed by atoms with van der Waals surface area (Å²) in [5.74, 6) is 0.131. The number of hydrogen-bond donors (Lipinski definition) is 0. The van der Waals surface area contributed by atoms with Crippen molar-refractivity contribution in [1.29, 1.82) is 0 Å². The summed E-state index contributed by atoms with van der Waals surface area (Å²) in [6, 6.07) is 26.5. The molecule has 3 aromatic carbocycles. The molecule has 1 aliphatic rings. The molecule has 0 aromatic heterocycles. The van der Waals surface area contributed by atoms with Crippen LogP contribution in [0.2, 0.25) is 0 Å². The van der Waals surface area contributed by atoms with Gasteiger partial charge in [0.15, 0.2) is 0 Å². The van der Waals surface area contributed by atoms with Crippen LogP contribution < -0.4 is 0 Å². The highest BCUT2D eigenvalue weighted by atomic mass is 16.6. The fraction of sp³-hybridized carbons (Fsp3) is 0.250. The van der Waals surface area contributed by atoms with Gasteiger partial charge in [0.2, 0.25) is 0 Å². The fourth-order valence-corrected chi connectivity index (χ4v) is 4.34. The molecule has 0 aliphatic carbocycles. The first kappa shape index (κ1) is 23.4. The van der Waals surface area contributed by atoms with Crippen LogP contribution in [0.3, 0.4) is 0 Å². The first-order chi connectivity index (χ1) is 16.6. The highest BCUT2D eigenvalue weighted by molar-refractivity contribution is 5.87. The van der Waals surface area contributed by atoms with Gasteiger partial charge >= 0.3 is 5.97 Å². The number of ether oxygens (including phenoxy) is 1. The molecule has 4 rings (SSSR count). The lowest BCUT2D eigenvalue weighted by Gasteiger charge is -2.34. The Hall–Kier alpha value is -3.77. The van der Waals surface area contributed by atoms with Crippen LogP contribution >= 0.6 is 0 Å². The minimum absolute atomic E-state index is 0.0138. The van der Waals surface area contributed by atoms with E-state index in [9.17, 15) is 14.9 Å². The van der Waals surface area contributed by atoms with Gasteiger partial charge < -0.3 is 4.74 Å². The molecule has 1 aliphatic heterocycles. The van der Waals surface area contributed by atoms with Crippen LogP contribution in [0.1, 0.15) is 41.6 Å². The summed E-state index contributed by atoms with van der Waals surface area (Å²) < 4.78 is 5.86. The summed E-state index contributed by atoms with van der Waals surface area (Å²) in [6.45, 7) is 2.56. The molecule has 1 fully saturated rings. The summed E-state index contributed by atoms with van der Waals surface area (Å²) in [4.78, 5) is 25.3. The molecule has 6 nitrogen and oxygen atoms in total. The third kappa shape index (κ3) is 6.39. The molecule has 0 spiro atoms. The quantitative estimate of drug-likeness (QED) is 0.186. The highest BCUT2D eigenvalue weighted by Crippen LogP contribution is 2.29. The van der Waals surface area contributed by atoms with Crippen LogP contribution in [-0.2, 0) is 9.53 Å². The lowest BCUT2D eigenvalue weighted by Crippen LogP contribution is -2.37. The number of nitro benzene ring substituents is 1. The van der Waals surface area contributed by atoms with E-state index in [0.717, 1.165) is 31.5 Å². The predicted molar refractivity (Wildman–Crippen MR) is 132 cm³/mol. The minimum atomic E-state index is -0.450. The molecular formula is C28H28N2O4. The molecule has 3 aromatic rings. The molecule has 1 saturated heterocycles. The van der Waals surface area contributed by atoms with Crippen LogP contribution in [0.15, 0.2) is 91.0 Å². The monoisotopic (exact) mass is 456 g/mol. The lowest BCUT2D eigenvalue weighted by molar-refractivity contribution is -0.384. The molecule has 0 radical (unpaired) electrons. The molecule has 6 heteroatoms. The van der Waals surface area contributed by atoms with Crippen molar-refractivity contribution in [3.63, 3.8) is 0 Å². The Morgan fingerprint density at radius 2 is 1.59 bits per heavy atom. The molecule has 0 bridgehead atoms. The molecule has 0 saturated carbocycles. The zero-order chi connectivity index (χ0) is 23.8. The summed E-state index contributed by atoms with van der Waals surface area (Å²) in [6.07, 6.45) is 4.78. The van der Waals surface area contributed by atoms with Gasteiger partial charge in [-0.3, -0.25) is 15.0 Å². The number of carbonyl (C=O) groups excluding carboxylic acids is 1. The first-order valence-electron chi connectivity index (χ1n) is 11.5. The van der Waals surface area contributed by atoms with Crippen molar-refractivity contribution >= 4 is 17.7 Å². The van der Waals surface area contributed by atoms with Gasteiger partial charge in [-0.05, 0) is 66.7 Å². The number of benzene rings is 3. The SMILES string of the molecule is O=C(/C=C/c1ccc([N+](=O)[O-])cc1)OC(CN1CCC(c2ccccc2)CC1)c1ccccc1. The van der Waals surface area contributed by atoms with E-state index < -0.39 is 10.9 Å². The standard InChI is InChI=1S/C28H28N2O4/c31-28(16-13-22-11-14-26(15-12-22)30(32)33)34-27(25-9-5-2-6-10-25)21-29-19-17-24(18-20-29)23-7-3-1-4-8-23/h1-16,24,27H,17-21H2/b16-13+. The van der Waals surface area contributed by atoms with Gasteiger partial charge in [0, 0.05) is 24.8 Å². The normalized spacial score (nSPS) is 15.8. The van der Waals surface area contributed by atoms with Gasteiger partial charge in [-0.2, -0.15) is 0 Å². The smallest absolute Gasteiger partial charge is 0.331 e. The number of hydrogen-bond acceptors (Lipinski definition) is 5. The van der Waals surface area contributed by atoms with Crippen LogP contribution in [0.4, 0.5) is 5.69 Å². The maximum Gasteiger partial charge on any atom is 0.331 e. The van der Waals surface area contributed by atoms with E-state index in [1.165, 1.54) is 23.8 Å². The lowest BCUT2D eigenvalue weighted by atomic mass is 9.89. The third-order valence-electron chi connectivity index (χ3n) is 6.23. The van der Waals surface area contributed by atoms with Crippen LogP contribution in [0, 0.1) is 10.1 Å². The van der Waals surface area contributed by atoms with Gasteiger partial charge in [-0.15, -0.1) is 0 Å². The minimum Gasteiger partial charge on any atom is -0.453 e. The summed E-state index contributed by atoms with van der Waals surface area (Å²) in [7, 11) is 0. The van der Waals surface area contributed by atoms with Gasteiger partial charge in [0.1, 0.15) is 6.10 Å². The van der Waals surface area contributed by atoms with E-state index >= 15 is 0 Å². The van der Waals surface area contributed by atoms with Crippen LogP contribution in [0.5, 0.6) is 0 Å². The predicted octanol–water partition coefficient (Wildman–Crippen LogP) is 5.77. The Morgan fingerprint density at radius 1 is 0.971 bits per heavy atom. The summed E-state index contributed by atoms with van der Waals surface area (Å²) in [5.41, 5.74) is 3.07. The van der Waals surface area contributed by atoms with Gasteiger partial charge in [0.05, 0.1) is 4.92 Å². The third-order valence-corrected chi connectivity index (χ3v) is 6.23. The average molecular weight is 457 g/mol. The van der Waals surface area contributed by atoms with Crippen molar-refractivity contribution in [3.8, 4) is 0 Å². The van der Waals surface area contributed by atoms with Crippen molar-refractivity contribution in [3.05, 3.63) is 118 Å². The Kier molecular flexibility index (Phi) is 7.83. The summed E-state index contributed by atoms with van der Waals surface area (Å²) >= 11 is 0. The Balaban J connectivity index is 1.37. The Bertz CT molecular complexity index is 1110. The van der Waals surface area contributed by atoms with Crippen molar-refractivity contribution in [2.24, 2.45) is 0 Å². The number of nitro groups is 1. The van der Waals surface area contributed by atoms with E-state index in [0.29, 0.717) is 18.0 Å². The van der Waals surface area contributed by atoms with Crippen molar-refractivity contribution in [2.45, 2.75) is 24.9 Å². The highest BCUT2D eigenvalue weighted by Gasteiger charge is 2.25. The number of non-ortho nitro benzene ring substituents is 1. The molecule has 0 amide bonds. The Morgan fingerprint density at radius 3 is 2.21 bits per heavy atom. The van der Waals surface area contributed by atoms with Crippen LogP contribution in [0.25, 0.3) is 6.08 Å². The molecule has 174 valence electrons. The van der Waals surface area contributed by atoms with Gasteiger partial charge in [-0.1, -0.05) is 60.7 Å². The molecule has 1 unspecified atom stereocenters. The molecule has 34 heavy (non-hydrogen) atoms. The second-order valence-electron chi connectivity index (χ2n) is 8.50. The number of likely N-dealkylation sites (tertiary alicyclic amines) is 1. The molecule has 0 N–H and O–H groups in total. The number of rotatable bonds is 8. The fourth-order valence-electron chi connectivity index (χ4n) is 4.34. The number of nitrogens with zero attached hydrogens (tertiary/aromatic N) is 2. The summed E-state index contributed by atoms with van der Waals surface area (Å²) in [5, 5.41) is 10.8. The molecular weight excluding hydrogens is 428 g/mol. The van der Waals surface area contributed by atoms with Crippen molar-refractivity contribution in [1.82, 2.24) is 4.90 Å². The van der Waals surface area contributed by atoms with Crippen molar-refractivity contribution in [2.75, 3.05) is 19.6 Å². The van der Waals surface area contributed by atoms with E-state index in [4.69, 9.17) is 4.74 Å². The zero-order valence-electron chi connectivity index (χ0n) is 19.0. The maximum atomic E-state index is 12.6. The second kappa shape index (κ2) is 11.4. The van der Waals surface area contributed by atoms with E-state index in [1.54, 1.807) is 18.2 Å². The van der Waals surface area contributed by atoms with Gasteiger partial charge in [0.25, 0.3) is 5.69 Å². The van der Waals surface area contributed by atoms with Crippen molar-refractivity contribution < 1.29 is 14.5 Å². The molecule has 1 heterocycles. The van der Waals surface area contributed by atoms with E-state index in [2.05, 4.69) is 29.2 Å². The van der Waals surface area contributed by atoms with E-state index in [1.807, 2.05) is 36.4 Å². The maximum absolute atomic E-state index is 12.6. The Labute approximate surface area is 199 Å². The number of piperidine rings is 1. The van der Waals surface area contributed by atoms with Gasteiger partial charge in [-0.25, -0.2) is 4.79 Å². The largest absolute Gasteiger partial charge is 0.453 e. The first-order valence-corrected chi connectivity index (χ1v) is 11.5. The number of carbonyl (C=O) groups is 1. The average Bonchev–Trinajstić information content (AvgIpc) is 2.89. The molecule has 1 atom stereocenters. The van der Waals surface area contributed by atoms with Crippen LogP contribution in [-0.4, -0.2) is 35.4 Å². The second-order valence-corrected chi connectivity index (χ2v) is 8.50. The number of esters is 1. The zero-order valence-corrected chi connectivity index (χ0v) is 19.0. The topological polar surface area (TPSA) is 72.7 Å². The van der Waals surface area contributed by atoms with E-state index in [-0.39, 0.29) is 11.8 Å².